The predicted molar refractivity (Wildman–Crippen MR) is 118 cm³/mol. The minimum absolute atomic E-state index is 0.0219. The molecule has 0 unspecified atom stereocenters. The lowest BCUT2D eigenvalue weighted by atomic mass is 9.78. The summed E-state index contributed by atoms with van der Waals surface area (Å²) in [6, 6.07) is 10.6. The highest BCUT2D eigenvalue weighted by atomic mass is 35.5. The summed E-state index contributed by atoms with van der Waals surface area (Å²) in [5, 5.41) is 8.90. The van der Waals surface area contributed by atoms with E-state index in [0.717, 1.165) is 31.5 Å². The van der Waals surface area contributed by atoms with Gasteiger partial charge in [0.05, 0.1) is 22.4 Å². The Morgan fingerprint density at radius 3 is 2.41 bits per heavy atom. The number of hydrogen-bond donors (Lipinski definition) is 0. The van der Waals surface area contributed by atoms with Gasteiger partial charge in [0.15, 0.2) is 5.82 Å². The van der Waals surface area contributed by atoms with Crippen LogP contribution in [0.25, 0.3) is 5.69 Å². The van der Waals surface area contributed by atoms with Crippen LogP contribution in [0.15, 0.2) is 48.7 Å². The van der Waals surface area contributed by atoms with Gasteiger partial charge in [0.1, 0.15) is 11.6 Å². The van der Waals surface area contributed by atoms with Crippen molar-refractivity contribution in [3.05, 3.63) is 65.3 Å². The molecule has 9 heteroatoms. The molecule has 0 N–H and O–H groups in total. The molecule has 3 aromatic rings. The lowest BCUT2D eigenvalue weighted by molar-refractivity contribution is -0.121. The summed E-state index contributed by atoms with van der Waals surface area (Å²) in [4.78, 5) is 18.3. The van der Waals surface area contributed by atoms with E-state index in [9.17, 15) is 13.6 Å². The van der Waals surface area contributed by atoms with Gasteiger partial charge in [-0.3, -0.25) is 4.79 Å². The van der Waals surface area contributed by atoms with Crippen LogP contribution in [0.5, 0.6) is 0 Å². The molecule has 6 nitrogen and oxygen atoms in total. The first-order chi connectivity index (χ1) is 15.4. The van der Waals surface area contributed by atoms with Gasteiger partial charge in [0.25, 0.3) is 0 Å². The van der Waals surface area contributed by atoms with Gasteiger partial charge in [0.2, 0.25) is 5.91 Å². The number of rotatable bonds is 3. The largest absolute Gasteiger partial charge is 0.354 e. The fraction of sp³-hybridized carbons (Fsp3) is 0.348. The van der Waals surface area contributed by atoms with Gasteiger partial charge in [-0.2, -0.15) is 5.10 Å². The highest BCUT2D eigenvalue weighted by molar-refractivity contribution is 6.30. The van der Waals surface area contributed by atoms with E-state index in [-0.39, 0.29) is 22.3 Å². The molecule has 0 atom stereocenters. The topological polar surface area (TPSA) is 54.3 Å². The zero-order valence-electron chi connectivity index (χ0n) is 17.3. The molecule has 32 heavy (non-hydrogen) atoms. The predicted octanol–water partition coefficient (Wildman–Crippen LogP) is 4.76. The first-order valence-electron chi connectivity index (χ1n) is 10.7. The number of anilines is 2. The normalized spacial score (nSPS) is 18.4. The third-order valence-electron chi connectivity index (χ3n) is 6.47. The van der Waals surface area contributed by atoms with Crippen LogP contribution < -0.4 is 9.80 Å². The molecule has 2 fully saturated rings. The maximum absolute atomic E-state index is 14.1. The molecule has 1 amide bonds. The summed E-state index contributed by atoms with van der Waals surface area (Å²) in [5.41, 5.74) is 0.895. The Morgan fingerprint density at radius 1 is 0.969 bits per heavy atom. The highest BCUT2D eigenvalue weighted by Gasteiger charge is 2.45. The number of halogens is 3. The van der Waals surface area contributed by atoms with Gasteiger partial charge in [0, 0.05) is 25.2 Å². The highest BCUT2D eigenvalue weighted by Crippen LogP contribution is 2.42. The standard InChI is InChI=1S/C23H22ClF2N5O/c24-19-8-7-18(14-20(19)26)30-22(32)2-1-9-23(30)10-12-29(13-11-23)21-15-27-31(28-21)17-5-3-16(25)4-6-17/h3-8,14-15H,1-2,9-13H2. The van der Waals surface area contributed by atoms with Gasteiger partial charge in [-0.25, -0.2) is 8.78 Å². The second-order valence-corrected chi connectivity index (χ2v) is 8.77. The molecule has 2 aliphatic heterocycles. The van der Waals surface area contributed by atoms with Crippen LogP contribution in [-0.2, 0) is 4.79 Å². The first kappa shape index (κ1) is 20.9. The second kappa shape index (κ2) is 8.16. The average molecular weight is 458 g/mol. The quantitative estimate of drug-likeness (QED) is 0.569. The SMILES string of the molecule is O=C1CCCC2(CCN(c3cnn(-c4ccc(F)cc4)n3)CC2)N1c1ccc(Cl)c(F)c1. The van der Waals surface area contributed by atoms with E-state index in [2.05, 4.69) is 15.1 Å². The summed E-state index contributed by atoms with van der Waals surface area (Å²) in [7, 11) is 0. The Kier molecular flexibility index (Phi) is 5.33. The molecule has 5 rings (SSSR count). The van der Waals surface area contributed by atoms with Crippen molar-refractivity contribution in [3.63, 3.8) is 0 Å². The average Bonchev–Trinajstić information content (AvgIpc) is 3.27. The van der Waals surface area contributed by atoms with Crippen LogP contribution in [0.1, 0.15) is 32.1 Å². The van der Waals surface area contributed by atoms with Crippen LogP contribution >= 0.6 is 11.6 Å². The summed E-state index contributed by atoms with van der Waals surface area (Å²) in [5.74, 6) is -0.0776. The molecule has 1 aromatic heterocycles. The molecule has 1 spiro atoms. The summed E-state index contributed by atoms with van der Waals surface area (Å²) in [6.45, 7) is 1.39. The molecule has 0 bridgehead atoms. The summed E-state index contributed by atoms with van der Waals surface area (Å²) >= 11 is 5.86. The van der Waals surface area contributed by atoms with Crippen molar-refractivity contribution in [3.8, 4) is 5.69 Å². The second-order valence-electron chi connectivity index (χ2n) is 8.36. The third kappa shape index (κ3) is 3.72. The Morgan fingerprint density at radius 2 is 1.69 bits per heavy atom. The molecule has 0 saturated carbocycles. The molecule has 166 valence electrons. The summed E-state index contributed by atoms with van der Waals surface area (Å²) in [6.07, 6.45) is 5.34. The van der Waals surface area contributed by atoms with Crippen molar-refractivity contribution in [1.29, 1.82) is 0 Å². The molecular formula is C23H22ClF2N5O. The molecule has 0 aliphatic carbocycles. The number of amides is 1. The Labute approximate surface area is 189 Å². The molecule has 0 radical (unpaired) electrons. The van der Waals surface area contributed by atoms with Gasteiger partial charge < -0.3 is 9.80 Å². The fourth-order valence-electron chi connectivity index (χ4n) is 4.82. The number of aromatic nitrogens is 3. The number of carbonyl (C=O) groups excluding carboxylic acids is 1. The molecule has 2 saturated heterocycles. The van der Waals surface area contributed by atoms with Crippen LogP contribution in [0, 0.1) is 11.6 Å². The van der Waals surface area contributed by atoms with Crippen molar-refractivity contribution < 1.29 is 13.6 Å². The minimum atomic E-state index is -0.521. The van der Waals surface area contributed by atoms with E-state index in [1.54, 1.807) is 29.3 Å². The van der Waals surface area contributed by atoms with Crippen molar-refractivity contribution in [2.24, 2.45) is 0 Å². The Hall–Kier alpha value is -3.00. The first-order valence-corrected chi connectivity index (χ1v) is 11.0. The number of nitrogens with zero attached hydrogens (tertiary/aromatic N) is 5. The van der Waals surface area contributed by atoms with E-state index >= 15 is 0 Å². The van der Waals surface area contributed by atoms with E-state index in [1.807, 2.05) is 0 Å². The summed E-state index contributed by atoms with van der Waals surface area (Å²) < 4.78 is 27.3. The van der Waals surface area contributed by atoms with Crippen molar-refractivity contribution in [1.82, 2.24) is 15.0 Å². The van der Waals surface area contributed by atoms with E-state index in [0.29, 0.717) is 30.9 Å². The molecular weight excluding hydrogens is 436 g/mol. The third-order valence-corrected chi connectivity index (χ3v) is 6.78. The Balaban J connectivity index is 1.35. The maximum atomic E-state index is 14.1. The number of benzene rings is 2. The van der Waals surface area contributed by atoms with E-state index < -0.39 is 5.82 Å². The smallest absolute Gasteiger partial charge is 0.227 e. The zero-order chi connectivity index (χ0) is 22.3. The van der Waals surface area contributed by atoms with Crippen LogP contribution in [0.4, 0.5) is 20.3 Å². The van der Waals surface area contributed by atoms with E-state index in [4.69, 9.17) is 11.6 Å². The van der Waals surface area contributed by atoms with Crippen molar-refractivity contribution in [2.75, 3.05) is 22.9 Å². The van der Waals surface area contributed by atoms with Crippen molar-refractivity contribution >= 4 is 29.0 Å². The molecule has 2 aliphatic rings. The zero-order valence-corrected chi connectivity index (χ0v) is 18.1. The molecule has 3 heterocycles. The number of hydrogen-bond acceptors (Lipinski definition) is 4. The van der Waals surface area contributed by atoms with E-state index in [1.165, 1.54) is 29.1 Å². The van der Waals surface area contributed by atoms with Gasteiger partial charge in [-0.1, -0.05) is 11.6 Å². The lowest BCUT2D eigenvalue weighted by Gasteiger charge is -2.51. The maximum Gasteiger partial charge on any atom is 0.227 e. The number of carbonyl (C=O) groups is 1. The number of piperidine rings is 2. The van der Waals surface area contributed by atoms with Gasteiger partial charge in [-0.15, -0.1) is 9.90 Å². The van der Waals surface area contributed by atoms with Crippen LogP contribution in [0.3, 0.4) is 0 Å². The van der Waals surface area contributed by atoms with Crippen LogP contribution in [0.2, 0.25) is 5.02 Å². The minimum Gasteiger partial charge on any atom is -0.354 e. The van der Waals surface area contributed by atoms with Gasteiger partial charge >= 0.3 is 0 Å². The lowest BCUT2D eigenvalue weighted by Crippen LogP contribution is -2.60. The monoisotopic (exact) mass is 457 g/mol. The van der Waals surface area contributed by atoms with Gasteiger partial charge in [-0.05, 0) is 68.1 Å². The molecule has 2 aromatic carbocycles. The Bertz CT molecular complexity index is 1140. The fourth-order valence-corrected chi connectivity index (χ4v) is 4.94. The van der Waals surface area contributed by atoms with Crippen molar-refractivity contribution in [2.45, 2.75) is 37.6 Å². The van der Waals surface area contributed by atoms with Crippen LogP contribution in [-0.4, -0.2) is 39.5 Å².